The average molecular weight is 236 g/mol. The summed E-state index contributed by atoms with van der Waals surface area (Å²) < 4.78 is 4.63. The summed E-state index contributed by atoms with van der Waals surface area (Å²) in [5.74, 6) is 0.0464. The second-order valence-corrected chi connectivity index (χ2v) is 3.80. The molecule has 4 nitrogen and oxygen atoms in total. The van der Waals surface area contributed by atoms with Crippen LogP contribution in [0, 0.1) is 0 Å². The second kappa shape index (κ2) is 7.51. The van der Waals surface area contributed by atoms with Gasteiger partial charge < -0.3 is 9.64 Å². The number of Topliss-reactive ketones (excluding diaryl/α,β-unsaturated/α-hetero) is 1. The molecule has 15 heavy (non-hydrogen) atoms. The van der Waals surface area contributed by atoms with Crippen LogP contribution >= 0.6 is 11.6 Å². The smallest absolute Gasteiger partial charge is 0.409 e. The van der Waals surface area contributed by atoms with Crippen molar-refractivity contribution in [1.82, 2.24) is 4.90 Å². The highest BCUT2D eigenvalue weighted by Crippen LogP contribution is 2.04. The highest BCUT2D eigenvalue weighted by atomic mass is 35.5. The van der Waals surface area contributed by atoms with E-state index >= 15 is 0 Å². The predicted octanol–water partition coefficient (Wildman–Crippen LogP) is 2.05. The Morgan fingerprint density at radius 1 is 1.40 bits per heavy atom. The first kappa shape index (κ1) is 14.2. The number of amides is 1. The Balaban J connectivity index is 3.97. The molecule has 0 aromatic heterocycles. The summed E-state index contributed by atoms with van der Waals surface area (Å²) in [6, 6.07) is 0.0727. The molecule has 0 heterocycles. The molecule has 88 valence electrons. The number of hydrogen-bond acceptors (Lipinski definition) is 3. The highest BCUT2D eigenvalue weighted by Gasteiger charge is 2.16. The Kier molecular flexibility index (Phi) is 7.13. The molecule has 0 aromatic carbocycles. The Labute approximate surface area is 95.5 Å². The highest BCUT2D eigenvalue weighted by molar-refractivity contribution is 6.27. The van der Waals surface area contributed by atoms with Gasteiger partial charge in [0.25, 0.3) is 0 Å². The first-order valence-corrected chi connectivity index (χ1v) is 5.48. The van der Waals surface area contributed by atoms with Gasteiger partial charge in [0.2, 0.25) is 0 Å². The SMILES string of the molecule is COC(=O)N(CCCC(=O)CCl)C(C)C. The fourth-order valence-corrected chi connectivity index (χ4v) is 1.32. The lowest BCUT2D eigenvalue weighted by atomic mass is 10.2. The lowest BCUT2D eigenvalue weighted by Crippen LogP contribution is -2.37. The summed E-state index contributed by atoms with van der Waals surface area (Å²) in [6.45, 7) is 4.33. The molecule has 1 amide bonds. The maximum Gasteiger partial charge on any atom is 0.409 e. The third-order valence-electron chi connectivity index (χ3n) is 2.04. The van der Waals surface area contributed by atoms with Gasteiger partial charge in [0.1, 0.15) is 5.78 Å². The van der Waals surface area contributed by atoms with Crippen molar-refractivity contribution in [3.8, 4) is 0 Å². The van der Waals surface area contributed by atoms with E-state index in [1.165, 1.54) is 7.11 Å². The topological polar surface area (TPSA) is 46.6 Å². The molecule has 0 bridgehead atoms. The number of ketones is 1. The normalized spacial score (nSPS) is 10.2. The van der Waals surface area contributed by atoms with Gasteiger partial charge in [-0.3, -0.25) is 4.79 Å². The summed E-state index contributed by atoms with van der Waals surface area (Å²) in [4.78, 5) is 23.8. The fourth-order valence-electron chi connectivity index (χ4n) is 1.19. The van der Waals surface area contributed by atoms with E-state index in [-0.39, 0.29) is 23.8 Å². The Morgan fingerprint density at radius 2 is 2.00 bits per heavy atom. The standard InChI is InChI=1S/C10H18ClNO3/c1-8(2)12(10(14)15-3)6-4-5-9(13)7-11/h8H,4-7H2,1-3H3. The summed E-state index contributed by atoms with van der Waals surface area (Å²) in [5.41, 5.74) is 0. The van der Waals surface area contributed by atoms with Gasteiger partial charge in [0.05, 0.1) is 13.0 Å². The van der Waals surface area contributed by atoms with Crippen molar-refractivity contribution in [3.05, 3.63) is 0 Å². The molecule has 0 aromatic rings. The van der Waals surface area contributed by atoms with E-state index in [9.17, 15) is 9.59 Å². The number of methoxy groups -OCH3 is 1. The zero-order chi connectivity index (χ0) is 11.8. The number of hydrogen-bond donors (Lipinski definition) is 0. The lowest BCUT2D eigenvalue weighted by molar-refractivity contribution is -0.116. The monoisotopic (exact) mass is 235 g/mol. The van der Waals surface area contributed by atoms with Gasteiger partial charge in [-0.05, 0) is 20.3 Å². The van der Waals surface area contributed by atoms with Crippen LogP contribution in [0.1, 0.15) is 26.7 Å². The number of carbonyl (C=O) groups is 2. The summed E-state index contributed by atoms with van der Waals surface area (Å²) in [5, 5.41) is 0. The minimum atomic E-state index is -0.358. The van der Waals surface area contributed by atoms with E-state index in [4.69, 9.17) is 11.6 Å². The summed E-state index contributed by atoms with van der Waals surface area (Å²) >= 11 is 5.36. The van der Waals surface area contributed by atoms with Crippen molar-refractivity contribution in [2.45, 2.75) is 32.7 Å². The third-order valence-corrected chi connectivity index (χ3v) is 2.33. The quantitative estimate of drug-likeness (QED) is 0.662. The van der Waals surface area contributed by atoms with Crippen molar-refractivity contribution in [2.75, 3.05) is 19.5 Å². The molecule has 0 rings (SSSR count). The van der Waals surface area contributed by atoms with Crippen LogP contribution in [0.15, 0.2) is 0 Å². The van der Waals surface area contributed by atoms with Crippen LogP contribution in [0.2, 0.25) is 0 Å². The largest absolute Gasteiger partial charge is 0.453 e. The molecule has 0 fully saturated rings. The zero-order valence-corrected chi connectivity index (χ0v) is 10.2. The maximum atomic E-state index is 11.3. The van der Waals surface area contributed by atoms with Gasteiger partial charge in [0, 0.05) is 19.0 Å². The van der Waals surface area contributed by atoms with Crippen molar-refractivity contribution in [2.24, 2.45) is 0 Å². The van der Waals surface area contributed by atoms with Crippen molar-refractivity contribution in [3.63, 3.8) is 0 Å². The minimum Gasteiger partial charge on any atom is -0.453 e. The van der Waals surface area contributed by atoms with E-state index in [2.05, 4.69) is 4.74 Å². The van der Waals surface area contributed by atoms with Gasteiger partial charge in [-0.15, -0.1) is 11.6 Å². The van der Waals surface area contributed by atoms with Gasteiger partial charge in [-0.25, -0.2) is 4.79 Å². The molecular weight excluding hydrogens is 218 g/mol. The summed E-state index contributed by atoms with van der Waals surface area (Å²) in [6.07, 6.45) is 0.672. The second-order valence-electron chi connectivity index (χ2n) is 3.53. The molecular formula is C10H18ClNO3. The first-order chi connectivity index (χ1) is 7.02. The number of ether oxygens (including phenoxy) is 1. The predicted molar refractivity (Wildman–Crippen MR) is 59.2 cm³/mol. The molecule has 0 spiro atoms. The lowest BCUT2D eigenvalue weighted by Gasteiger charge is -2.24. The van der Waals surface area contributed by atoms with Crippen molar-refractivity contribution >= 4 is 23.5 Å². The molecule has 0 radical (unpaired) electrons. The van der Waals surface area contributed by atoms with Crippen molar-refractivity contribution < 1.29 is 14.3 Å². The van der Waals surface area contributed by atoms with Crippen LogP contribution in [0.4, 0.5) is 4.79 Å². The molecule has 0 aliphatic rings. The van der Waals surface area contributed by atoms with E-state index < -0.39 is 0 Å². The van der Waals surface area contributed by atoms with Crippen LogP contribution in [-0.2, 0) is 9.53 Å². The van der Waals surface area contributed by atoms with Crippen LogP contribution in [-0.4, -0.2) is 42.4 Å². The number of alkyl halides is 1. The van der Waals surface area contributed by atoms with Crippen LogP contribution in [0.5, 0.6) is 0 Å². The van der Waals surface area contributed by atoms with Gasteiger partial charge in [-0.1, -0.05) is 0 Å². The van der Waals surface area contributed by atoms with Gasteiger partial charge in [-0.2, -0.15) is 0 Å². The average Bonchev–Trinajstić information content (AvgIpc) is 2.22. The molecule has 0 unspecified atom stereocenters. The minimum absolute atomic E-state index is 0.00485. The molecule has 0 N–H and O–H groups in total. The maximum absolute atomic E-state index is 11.3. The van der Waals surface area contributed by atoms with Crippen LogP contribution in [0.25, 0.3) is 0 Å². The molecule has 0 aliphatic carbocycles. The molecule has 0 saturated heterocycles. The Morgan fingerprint density at radius 3 is 2.40 bits per heavy atom. The van der Waals surface area contributed by atoms with E-state index in [1.807, 2.05) is 13.8 Å². The van der Waals surface area contributed by atoms with E-state index in [0.717, 1.165) is 0 Å². The zero-order valence-electron chi connectivity index (χ0n) is 9.46. The molecule has 0 saturated carbocycles. The van der Waals surface area contributed by atoms with Crippen LogP contribution in [0.3, 0.4) is 0 Å². The van der Waals surface area contributed by atoms with Gasteiger partial charge >= 0.3 is 6.09 Å². The molecule has 0 aliphatic heterocycles. The number of carbonyl (C=O) groups excluding carboxylic acids is 2. The molecule has 5 heteroatoms. The Bertz CT molecular complexity index is 219. The van der Waals surface area contributed by atoms with E-state index in [1.54, 1.807) is 4.90 Å². The Hall–Kier alpha value is -0.770. The van der Waals surface area contributed by atoms with E-state index in [0.29, 0.717) is 19.4 Å². The third kappa shape index (κ3) is 5.62. The van der Waals surface area contributed by atoms with Gasteiger partial charge in [0.15, 0.2) is 0 Å². The summed E-state index contributed by atoms with van der Waals surface area (Å²) in [7, 11) is 1.35. The molecule has 0 atom stereocenters. The number of halogens is 1. The van der Waals surface area contributed by atoms with Crippen LogP contribution < -0.4 is 0 Å². The number of nitrogens with zero attached hydrogens (tertiary/aromatic N) is 1. The first-order valence-electron chi connectivity index (χ1n) is 4.95. The number of rotatable bonds is 6. The fraction of sp³-hybridized carbons (Fsp3) is 0.800. The van der Waals surface area contributed by atoms with Crippen molar-refractivity contribution in [1.29, 1.82) is 0 Å².